The van der Waals surface area contributed by atoms with Crippen LogP contribution in [-0.4, -0.2) is 26.8 Å². The topological polar surface area (TPSA) is 29.9 Å². The maximum absolute atomic E-state index is 4.38. The van der Waals surface area contributed by atoms with Crippen molar-refractivity contribution >= 4 is 11.8 Å². The number of aromatic nitrogens is 2. The van der Waals surface area contributed by atoms with E-state index in [1.54, 1.807) is 0 Å². The molecule has 4 heteroatoms. The summed E-state index contributed by atoms with van der Waals surface area (Å²) >= 11 is 2.11. The molecule has 0 aromatic carbocycles. The Morgan fingerprint density at radius 3 is 3.12 bits per heavy atom. The van der Waals surface area contributed by atoms with E-state index >= 15 is 0 Å². The first-order valence-corrected chi connectivity index (χ1v) is 7.16. The highest BCUT2D eigenvalue weighted by Gasteiger charge is 2.23. The van der Waals surface area contributed by atoms with Gasteiger partial charge in [-0.3, -0.25) is 4.68 Å². The van der Waals surface area contributed by atoms with Crippen molar-refractivity contribution in [2.24, 2.45) is 7.05 Å². The van der Waals surface area contributed by atoms with E-state index in [1.165, 1.54) is 25.0 Å². The minimum atomic E-state index is 0.700. The molecule has 0 saturated heterocycles. The van der Waals surface area contributed by atoms with Gasteiger partial charge in [0, 0.05) is 31.1 Å². The van der Waals surface area contributed by atoms with Crippen molar-refractivity contribution in [3.63, 3.8) is 0 Å². The van der Waals surface area contributed by atoms with Crippen LogP contribution < -0.4 is 5.32 Å². The highest BCUT2D eigenvalue weighted by molar-refractivity contribution is 7.99. The van der Waals surface area contributed by atoms with Crippen LogP contribution in [0.4, 0.5) is 0 Å². The van der Waals surface area contributed by atoms with Crippen LogP contribution in [0.2, 0.25) is 0 Å². The van der Waals surface area contributed by atoms with E-state index < -0.39 is 0 Å². The molecule has 1 aliphatic rings. The Morgan fingerprint density at radius 2 is 2.44 bits per heavy atom. The monoisotopic (exact) mass is 239 g/mol. The lowest BCUT2D eigenvalue weighted by molar-refractivity contribution is 0.517. The molecule has 90 valence electrons. The van der Waals surface area contributed by atoms with Gasteiger partial charge in [0.25, 0.3) is 0 Å². The third kappa shape index (κ3) is 3.25. The predicted octanol–water partition coefficient (Wildman–Crippen LogP) is 2.18. The zero-order valence-electron chi connectivity index (χ0n) is 10.1. The molecule has 1 heterocycles. The maximum Gasteiger partial charge on any atom is 0.0762 e. The SMILES string of the molecule is CCSC1CCC(NCc2ccn(C)n2)C1. The fourth-order valence-electron chi connectivity index (χ4n) is 2.32. The fraction of sp³-hybridized carbons (Fsp3) is 0.750. The Labute approximate surface area is 102 Å². The van der Waals surface area contributed by atoms with Gasteiger partial charge in [0.1, 0.15) is 0 Å². The van der Waals surface area contributed by atoms with E-state index in [-0.39, 0.29) is 0 Å². The summed E-state index contributed by atoms with van der Waals surface area (Å²) in [7, 11) is 1.97. The van der Waals surface area contributed by atoms with Crippen molar-refractivity contribution in [1.82, 2.24) is 15.1 Å². The highest BCUT2D eigenvalue weighted by Crippen LogP contribution is 2.29. The normalized spacial score (nSPS) is 25.1. The van der Waals surface area contributed by atoms with Gasteiger partial charge in [-0.15, -0.1) is 0 Å². The zero-order valence-corrected chi connectivity index (χ0v) is 11.0. The molecule has 2 atom stereocenters. The number of thioether (sulfide) groups is 1. The molecule has 1 aromatic rings. The van der Waals surface area contributed by atoms with E-state index in [0.29, 0.717) is 6.04 Å². The first kappa shape index (κ1) is 12.0. The molecule has 2 rings (SSSR count). The summed E-state index contributed by atoms with van der Waals surface area (Å²) in [6, 6.07) is 2.78. The molecule has 1 saturated carbocycles. The van der Waals surface area contributed by atoms with Crippen molar-refractivity contribution in [2.45, 2.75) is 44.0 Å². The lowest BCUT2D eigenvalue weighted by Gasteiger charge is -2.11. The van der Waals surface area contributed by atoms with Crippen LogP contribution in [0.5, 0.6) is 0 Å². The van der Waals surface area contributed by atoms with Crippen LogP contribution in [0.25, 0.3) is 0 Å². The third-order valence-electron chi connectivity index (χ3n) is 3.13. The van der Waals surface area contributed by atoms with Crippen LogP contribution in [0.15, 0.2) is 12.3 Å². The van der Waals surface area contributed by atoms with Crippen LogP contribution >= 0.6 is 11.8 Å². The molecule has 1 aromatic heterocycles. The first-order chi connectivity index (χ1) is 7.78. The Bertz CT molecular complexity index is 324. The van der Waals surface area contributed by atoms with E-state index in [1.807, 2.05) is 17.9 Å². The van der Waals surface area contributed by atoms with Gasteiger partial charge in [0.2, 0.25) is 0 Å². The van der Waals surface area contributed by atoms with Gasteiger partial charge in [-0.1, -0.05) is 6.92 Å². The molecule has 0 bridgehead atoms. The standard InChI is InChI=1S/C12H21N3S/c1-3-16-12-5-4-10(8-12)13-9-11-6-7-15(2)14-11/h6-7,10,12-13H,3-5,8-9H2,1-2H3. The fourth-order valence-corrected chi connectivity index (χ4v) is 3.46. The van der Waals surface area contributed by atoms with Crippen LogP contribution in [0.1, 0.15) is 31.9 Å². The Kier molecular flexibility index (Phi) is 4.29. The second-order valence-electron chi connectivity index (χ2n) is 4.45. The molecule has 16 heavy (non-hydrogen) atoms. The van der Waals surface area contributed by atoms with Gasteiger partial charge in [0.15, 0.2) is 0 Å². The largest absolute Gasteiger partial charge is 0.308 e. The molecule has 1 fully saturated rings. The number of nitrogens with one attached hydrogen (secondary N) is 1. The Hall–Kier alpha value is -0.480. The average Bonchev–Trinajstić information content (AvgIpc) is 2.85. The minimum absolute atomic E-state index is 0.700. The van der Waals surface area contributed by atoms with Crippen molar-refractivity contribution in [3.8, 4) is 0 Å². The predicted molar refractivity (Wildman–Crippen MR) is 69.6 cm³/mol. The van der Waals surface area contributed by atoms with Gasteiger partial charge >= 0.3 is 0 Å². The molecule has 2 unspecified atom stereocenters. The van der Waals surface area contributed by atoms with Crippen molar-refractivity contribution < 1.29 is 0 Å². The van der Waals surface area contributed by atoms with Crippen molar-refractivity contribution in [1.29, 1.82) is 0 Å². The van der Waals surface area contributed by atoms with Gasteiger partial charge < -0.3 is 5.32 Å². The molecule has 3 nitrogen and oxygen atoms in total. The minimum Gasteiger partial charge on any atom is -0.308 e. The number of hydrogen-bond donors (Lipinski definition) is 1. The van der Waals surface area contributed by atoms with Crippen LogP contribution in [-0.2, 0) is 13.6 Å². The number of rotatable bonds is 5. The second-order valence-corrected chi connectivity index (χ2v) is 6.03. The summed E-state index contributed by atoms with van der Waals surface area (Å²) in [6.07, 6.45) is 6.02. The zero-order chi connectivity index (χ0) is 11.4. The quantitative estimate of drug-likeness (QED) is 0.854. The lowest BCUT2D eigenvalue weighted by atomic mass is 10.2. The summed E-state index contributed by atoms with van der Waals surface area (Å²) in [5.41, 5.74) is 1.15. The molecular formula is C12H21N3S. The smallest absolute Gasteiger partial charge is 0.0762 e. The van der Waals surface area contributed by atoms with E-state index in [4.69, 9.17) is 0 Å². The molecule has 1 aliphatic carbocycles. The molecule has 0 aliphatic heterocycles. The third-order valence-corrected chi connectivity index (χ3v) is 4.36. The van der Waals surface area contributed by atoms with E-state index in [0.717, 1.165) is 17.5 Å². The maximum atomic E-state index is 4.38. The van der Waals surface area contributed by atoms with Crippen molar-refractivity contribution in [2.75, 3.05) is 5.75 Å². The van der Waals surface area contributed by atoms with Gasteiger partial charge in [-0.2, -0.15) is 16.9 Å². The van der Waals surface area contributed by atoms with Gasteiger partial charge in [-0.05, 0) is 31.1 Å². The van der Waals surface area contributed by atoms with Crippen molar-refractivity contribution in [3.05, 3.63) is 18.0 Å². The first-order valence-electron chi connectivity index (χ1n) is 6.11. The van der Waals surface area contributed by atoms with E-state index in [9.17, 15) is 0 Å². The molecule has 0 amide bonds. The molecule has 0 spiro atoms. The number of aryl methyl sites for hydroxylation is 1. The summed E-state index contributed by atoms with van der Waals surface area (Å²) in [6.45, 7) is 3.16. The molecule has 0 radical (unpaired) electrons. The van der Waals surface area contributed by atoms with E-state index in [2.05, 4.69) is 35.2 Å². The van der Waals surface area contributed by atoms with Gasteiger partial charge in [0.05, 0.1) is 5.69 Å². The van der Waals surface area contributed by atoms with Crippen LogP contribution in [0, 0.1) is 0 Å². The van der Waals surface area contributed by atoms with Gasteiger partial charge in [-0.25, -0.2) is 0 Å². The lowest BCUT2D eigenvalue weighted by Crippen LogP contribution is -2.26. The van der Waals surface area contributed by atoms with Crippen LogP contribution in [0.3, 0.4) is 0 Å². The average molecular weight is 239 g/mol. The number of hydrogen-bond acceptors (Lipinski definition) is 3. The summed E-state index contributed by atoms with van der Waals surface area (Å²) in [5.74, 6) is 1.25. The second kappa shape index (κ2) is 5.73. The Morgan fingerprint density at radius 1 is 1.56 bits per heavy atom. The Balaban J connectivity index is 1.71. The number of nitrogens with zero attached hydrogens (tertiary/aromatic N) is 2. The summed E-state index contributed by atoms with van der Waals surface area (Å²) in [5, 5.41) is 8.87. The summed E-state index contributed by atoms with van der Waals surface area (Å²) in [4.78, 5) is 0. The summed E-state index contributed by atoms with van der Waals surface area (Å²) < 4.78 is 1.86. The molecular weight excluding hydrogens is 218 g/mol. The highest BCUT2D eigenvalue weighted by atomic mass is 32.2. The molecule has 1 N–H and O–H groups in total.